The highest BCUT2D eigenvalue weighted by Crippen LogP contribution is 2.50. The van der Waals surface area contributed by atoms with Gasteiger partial charge in [-0.2, -0.15) is 0 Å². The van der Waals surface area contributed by atoms with Crippen LogP contribution in [0, 0.1) is 11.8 Å². The van der Waals surface area contributed by atoms with Gasteiger partial charge in [-0.25, -0.2) is 4.57 Å². The van der Waals surface area contributed by atoms with E-state index in [-0.39, 0.29) is 0 Å². The molecule has 0 amide bonds. The number of phosphoric ester groups is 1. The van der Waals surface area contributed by atoms with Crippen molar-refractivity contribution in [1.29, 1.82) is 0 Å². The normalized spacial score (nSPS) is 16.4. The van der Waals surface area contributed by atoms with Crippen molar-refractivity contribution < 1.29 is 22.9 Å². The van der Waals surface area contributed by atoms with Crippen LogP contribution in [0.2, 0.25) is 0 Å². The lowest BCUT2D eigenvalue weighted by atomic mass is 10.0. The molecule has 6 heteroatoms. The first-order chi connectivity index (χ1) is 11.4. The van der Waals surface area contributed by atoms with E-state index in [2.05, 4.69) is 27.7 Å². The van der Waals surface area contributed by atoms with Crippen LogP contribution in [0.15, 0.2) is 0 Å². The first-order valence-electron chi connectivity index (χ1n) is 9.49. The maximum Gasteiger partial charge on any atom is 0.532 e. The fourth-order valence-corrected chi connectivity index (χ4v) is 3.72. The zero-order valence-electron chi connectivity index (χ0n) is 16.2. The van der Waals surface area contributed by atoms with Crippen LogP contribution < -0.4 is 0 Å². The topological polar surface area (TPSA) is 61.8 Å². The van der Waals surface area contributed by atoms with Gasteiger partial charge < -0.3 is 4.52 Å². The van der Waals surface area contributed by atoms with Crippen LogP contribution >= 0.6 is 7.82 Å². The average molecular weight is 364 g/mol. The van der Waals surface area contributed by atoms with Crippen molar-refractivity contribution in [3.8, 4) is 0 Å². The molecule has 0 spiro atoms. The van der Waals surface area contributed by atoms with Crippen LogP contribution in [0.25, 0.3) is 0 Å². The van der Waals surface area contributed by atoms with Crippen molar-refractivity contribution in [3.05, 3.63) is 0 Å². The summed E-state index contributed by atoms with van der Waals surface area (Å²) in [7, 11) is -3.82. The molecule has 2 atom stereocenters. The highest BCUT2D eigenvalue weighted by Gasteiger charge is 2.31. The molecular formula is C18H37O5P. The summed E-state index contributed by atoms with van der Waals surface area (Å²) in [6, 6.07) is 0. The van der Waals surface area contributed by atoms with Crippen LogP contribution in [0.4, 0.5) is 0 Å². The van der Waals surface area contributed by atoms with Gasteiger partial charge in [-0.15, -0.1) is 0 Å². The summed E-state index contributed by atoms with van der Waals surface area (Å²) < 4.78 is 28.6. The molecule has 0 heterocycles. The second-order valence-corrected chi connectivity index (χ2v) is 8.05. The molecular weight excluding hydrogens is 327 g/mol. The van der Waals surface area contributed by atoms with Crippen molar-refractivity contribution in [2.45, 2.75) is 86.0 Å². The Morgan fingerprint density at radius 1 is 0.875 bits per heavy atom. The number of carbonyl (C=O) groups is 1. The fraction of sp³-hybridized carbons (Fsp3) is 0.944. The lowest BCUT2D eigenvalue weighted by molar-refractivity contribution is -0.134. The molecule has 24 heavy (non-hydrogen) atoms. The first kappa shape index (κ1) is 23.6. The minimum absolute atomic E-state index is 0.298. The molecule has 5 nitrogen and oxygen atoms in total. The minimum Gasteiger partial charge on any atom is -0.371 e. The molecule has 0 N–H and O–H groups in total. The molecule has 0 saturated heterocycles. The summed E-state index contributed by atoms with van der Waals surface area (Å²) in [6.45, 7) is 10.3. The van der Waals surface area contributed by atoms with Gasteiger partial charge in [-0.3, -0.25) is 13.8 Å². The Morgan fingerprint density at radius 2 is 1.29 bits per heavy atom. The number of unbranched alkanes of at least 4 members (excludes halogenated alkanes) is 2. The molecule has 0 aliphatic rings. The molecule has 0 radical (unpaired) electrons. The molecule has 0 rings (SSSR count). The van der Waals surface area contributed by atoms with Gasteiger partial charge in [-0.05, 0) is 24.7 Å². The predicted octanol–water partition coefficient (Wildman–Crippen LogP) is 6.12. The molecule has 0 aliphatic heterocycles. The summed E-state index contributed by atoms with van der Waals surface area (Å²) in [6.07, 6.45) is 8.35. The Morgan fingerprint density at radius 3 is 1.58 bits per heavy atom. The van der Waals surface area contributed by atoms with E-state index in [1.807, 2.05) is 0 Å². The van der Waals surface area contributed by atoms with E-state index in [0.29, 0.717) is 25.0 Å². The summed E-state index contributed by atoms with van der Waals surface area (Å²) in [5.74, 6) is -0.0273. The van der Waals surface area contributed by atoms with Gasteiger partial charge >= 0.3 is 13.8 Å². The van der Waals surface area contributed by atoms with Gasteiger partial charge in [0.25, 0.3) is 0 Å². The van der Waals surface area contributed by atoms with Crippen LogP contribution in [-0.2, 0) is 22.9 Å². The molecule has 0 aromatic heterocycles. The second kappa shape index (κ2) is 13.9. The van der Waals surface area contributed by atoms with Gasteiger partial charge in [-0.1, -0.05) is 66.2 Å². The number of carbonyl (C=O) groups excluding carboxylic acids is 1. The zero-order chi connectivity index (χ0) is 18.4. The van der Waals surface area contributed by atoms with Gasteiger partial charge in [0.2, 0.25) is 0 Å². The predicted molar refractivity (Wildman–Crippen MR) is 97.9 cm³/mol. The van der Waals surface area contributed by atoms with Gasteiger partial charge in [0.1, 0.15) is 0 Å². The van der Waals surface area contributed by atoms with Crippen molar-refractivity contribution in [2.75, 3.05) is 13.2 Å². The quantitative estimate of drug-likeness (QED) is 0.327. The lowest BCUT2D eigenvalue weighted by Crippen LogP contribution is -2.14. The van der Waals surface area contributed by atoms with E-state index in [1.165, 1.54) is 6.92 Å². The Hall–Kier alpha value is -0.380. The maximum atomic E-state index is 12.7. The molecule has 0 fully saturated rings. The van der Waals surface area contributed by atoms with E-state index in [0.717, 1.165) is 51.4 Å². The van der Waals surface area contributed by atoms with Gasteiger partial charge in [0, 0.05) is 6.92 Å². The zero-order valence-corrected chi connectivity index (χ0v) is 17.1. The minimum atomic E-state index is -3.82. The number of rotatable bonds is 15. The fourth-order valence-electron chi connectivity index (χ4n) is 2.44. The smallest absolute Gasteiger partial charge is 0.371 e. The molecule has 2 unspecified atom stereocenters. The first-order valence-corrected chi connectivity index (χ1v) is 11.0. The van der Waals surface area contributed by atoms with Crippen LogP contribution in [0.3, 0.4) is 0 Å². The van der Waals surface area contributed by atoms with Gasteiger partial charge in [0.15, 0.2) is 0 Å². The molecule has 0 aromatic rings. The van der Waals surface area contributed by atoms with Crippen molar-refractivity contribution in [3.63, 3.8) is 0 Å². The number of hydrogen-bond donors (Lipinski definition) is 0. The van der Waals surface area contributed by atoms with E-state index in [9.17, 15) is 9.36 Å². The second-order valence-electron chi connectivity index (χ2n) is 6.45. The van der Waals surface area contributed by atoms with E-state index >= 15 is 0 Å². The summed E-state index contributed by atoms with van der Waals surface area (Å²) in [5, 5.41) is 0. The lowest BCUT2D eigenvalue weighted by Gasteiger charge is -2.22. The molecule has 0 bridgehead atoms. The third-order valence-corrected chi connectivity index (χ3v) is 5.67. The molecule has 0 aromatic carbocycles. The molecule has 0 aliphatic carbocycles. The van der Waals surface area contributed by atoms with Crippen LogP contribution in [-0.4, -0.2) is 19.2 Å². The average Bonchev–Trinajstić information content (AvgIpc) is 2.54. The summed E-state index contributed by atoms with van der Waals surface area (Å²) >= 11 is 0. The van der Waals surface area contributed by atoms with Gasteiger partial charge in [0.05, 0.1) is 13.2 Å². The molecule has 144 valence electrons. The number of phosphoric acid groups is 1. The Labute approximate surface area is 148 Å². The highest BCUT2D eigenvalue weighted by atomic mass is 31.2. The SMILES string of the molecule is CCCCC(CC)COP(=O)(OCC(CC)CCCC)OC(C)=O. The Balaban J connectivity index is 4.63. The Bertz CT molecular complexity index is 348. The maximum absolute atomic E-state index is 12.7. The van der Waals surface area contributed by atoms with Crippen LogP contribution in [0.5, 0.6) is 0 Å². The third kappa shape index (κ3) is 11.2. The van der Waals surface area contributed by atoms with E-state index in [1.54, 1.807) is 0 Å². The summed E-state index contributed by atoms with van der Waals surface area (Å²) in [5.41, 5.74) is 0. The standard InChI is InChI=1S/C18H37O5P/c1-6-10-12-17(8-3)14-21-24(20,23-16(5)19)22-15-18(9-4)13-11-7-2/h17-18H,6-15H2,1-5H3. The highest BCUT2D eigenvalue weighted by molar-refractivity contribution is 7.49. The van der Waals surface area contributed by atoms with Crippen LogP contribution in [0.1, 0.15) is 86.0 Å². The number of hydrogen-bond acceptors (Lipinski definition) is 5. The molecule has 0 saturated carbocycles. The van der Waals surface area contributed by atoms with Crippen molar-refractivity contribution in [2.24, 2.45) is 11.8 Å². The largest absolute Gasteiger partial charge is 0.532 e. The van der Waals surface area contributed by atoms with Crippen molar-refractivity contribution in [1.82, 2.24) is 0 Å². The van der Waals surface area contributed by atoms with E-state index < -0.39 is 13.8 Å². The summed E-state index contributed by atoms with van der Waals surface area (Å²) in [4.78, 5) is 11.3. The monoisotopic (exact) mass is 364 g/mol. The Kier molecular flexibility index (Phi) is 13.6. The third-order valence-electron chi connectivity index (χ3n) is 4.26. The van der Waals surface area contributed by atoms with Crippen molar-refractivity contribution >= 4 is 13.8 Å². The van der Waals surface area contributed by atoms with E-state index in [4.69, 9.17) is 13.6 Å².